The average molecular weight is 239 g/mol. The Morgan fingerprint density at radius 1 is 1.56 bits per heavy atom. The fraction of sp³-hybridized carbons (Fsp3) is 0.667. The van der Waals surface area contributed by atoms with Gasteiger partial charge in [0.05, 0.1) is 10.8 Å². The van der Waals surface area contributed by atoms with Crippen molar-refractivity contribution in [1.82, 2.24) is 0 Å². The molecule has 0 amide bonds. The van der Waals surface area contributed by atoms with Gasteiger partial charge in [0.2, 0.25) is 0 Å². The van der Waals surface area contributed by atoms with Crippen LogP contribution in [0.1, 0.15) is 27.7 Å². The highest BCUT2D eigenvalue weighted by molar-refractivity contribution is 8.03. The maximum Gasteiger partial charge on any atom is 0.307 e. The van der Waals surface area contributed by atoms with Gasteiger partial charge < -0.3 is 5.11 Å². The predicted octanol–water partition coefficient (Wildman–Crippen LogP) is 2.89. The molecular formula is C12H17NO2S. The molecule has 0 radical (unpaired) electrons. The fourth-order valence-corrected chi connectivity index (χ4v) is 2.77. The van der Waals surface area contributed by atoms with E-state index in [-0.39, 0.29) is 17.3 Å². The van der Waals surface area contributed by atoms with Gasteiger partial charge in [-0.25, -0.2) is 0 Å². The Labute approximate surface area is 101 Å². The summed E-state index contributed by atoms with van der Waals surface area (Å²) in [5.74, 6) is -1.12. The van der Waals surface area contributed by atoms with Crippen molar-refractivity contribution >= 4 is 17.7 Å². The first kappa shape index (κ1) is 13.1. The lowest BCUT2D eigenvalue weighted by atomic mass is 10.1. The van der Waals surface area contributed by atoms with Crippen LogP contribution in [0.2, 0.25) is 0 Å². The number of hydrogen-bond acceptors (Lipinski definition) is 3. The number of allylic oxidation sites excluding steroid dienone is 2. The zero-order valence-electron chi connectivity index (χ0n) is 10.0. The molecule has 1 fully saturated rings. The molecule has 0 saturated heterocycles. The molecule has 16 heavy (non-hydrogen) atoms. The zero-order chi connectivity index (χ0) is 12.5. The summed E-state index contributed by atoms with van der Waals surface area (Å²) in [4.78, 5) is 11.6. The second-order valence-electron chi connectivity index (χ2n) is 4.97. The third-order valence-electron chi connectivity index (χ3n) is 2.98. The molecule has 1 rings (SSSR count). The Morgan fingerprint density at radius 3 is 2.44 bits per heavy atom. The molecule has 0 unspecified atom stereocenters. The first-order valence-electron chi connectivity index (χ1n) is 5.32. The molecule has 1 aliphatic rings. The van der Waals surface area contributed by atoms with E-state index in [1.54, 1.807) is 0 Å². The summed E-state index contributed by atoms with van der Waals surface area (Å²) >= 11 is 1.49. The van der Waals surface area contributed by atoms with Crippen molar-refractivity contribution in [3.63, 3.8) is 0 Å². The Bertz CT molecular complexity index is 366. The van der Waals surface area contributed by atoms with E-state index in [0.29, 0.717) is 10.2 Å². The highest BCUT2D eigenvalue weighted by Crippen LogP contribution is 2.59. The largest absolute Gasteiger partial charge is 0.481 e. The van der Waals surface area contributed by atoms with Gasteiger partial charge >= 0.3 is 5.97 Å². The Kier molecular flexibility index (Phi) is 3.69. The summed E-state index contributed by atoms with van der Waals surface area (Å²) in [6.45, 7) is 7.90. The van der Waals surface area contributed by atoms with Gasteiger partial charge in [0.15, 0.2) is 0 Å². The molecule has 1 aliphatic carbocycles. The van der Waals surface area contributed by atoms with Gasteiger partial charge in [-0.2, -0.15) is 5.26 Å². The van der Waals surface area contributed by atoms with Crippen LogP contribution in [0.5, 0.6) is 0 Å². The SMILES string of the molecule is CC(C)S/C(C#N)=C\[C@@H]1[C@@H](C(=O)O)C1(C)C. The second-order valence-corrected chi connectivity index (χ2v) is 6.59. The molecule has 0 bridgehead atoms. The normalized spacial score (nSPS) is 27.6. The minimum atomic E-state index is -0.766. The van der Waals surface area contributed by atoms with E-state index in [9.17, 15) is 4.79 Å². The van der Waals surface area contributed by atoms with Gasteiger partial charge in [-0.15, -0.1) is 11.8 Å². The number of thioether (sulfide) groups is 1. The molecule has 88 valence electrons. The number of hydrogen-bond donors (Lipinski definition) is 1. The van der Waals surface area contributed by atoms with E-state index in [0.717, 1.165) is 0 Å². The molecule has 0 aromatic heterocycles. The van der Waals surface area contributed by atoms with Crippen molar-refractivity contribution in [3.8, 4) is 6.07 Å². The third kappa shape index (κ3) is 2.59. The highest BCUT2D eigenvalue weighted by atomic mass is 32.2. The minimum Gasteiger partial charge on any atom is -0.481 e. The summed E-state index contributed by atoms with van der Waals surface area (Å²) in [7, 11) is 0. The lowest BCUT2D eigenvalue weighted by Crippen LogP contribution is -2.03. The van der Waals surface area contributed by atoms with Crippen LogP contribution < -0.4 is 0 Å². The van der Waals surface area contributed by atoms with Crippen molar-refractivity contribution in [2.45, 2.75) is 32.9 Å². The van der Waals surface area contributed by atoms with Crippen molar-refractivity contribution in [2.75, 3.05) is 0 Å². The molecule has 1 saturated carbocycles. The molecule has 0 aromatic rings. The lowest BCUT2D eigenvalue weighted by molar-refractivity contribution is -0.139. The van der Waals surface area contributed by atoms with Crippen molar-refractivity contribution in [3.05, 3.63) is 11.0 Å². The molecular weight excluding hydrogens is 222 g/mol. The van der Waals surface area contributed by atoms with Crippen LogP contribution in [-0.4, -0.2) is 16.3 Å². The highest BCUT2D eigenvalue weighted by Gasteiger charge is 2.61. The fourth-order valence-electron chi connectivity index (χ4n) is 1.98. The number of carboxylic acid groups (broad SMARTS) is 1. The van der Waals surface area contributed by atoms with Gasteiger partial charge in [-0.3, -0.25) is 4.79 Å². The Morgan fingerprint density at radius 2 is 2.12 bits per heavy atom. The van der Waals surface area contributed by atoms with E-state index < -0.39 is 5.97 Å². The van der Waals surface area contributed by atoms with E-state index in [1.165, 1.54) is 11.8 Å². The smallest absolute Gasteiger partial charge is 0.307 e. The van der Waals surface area contributed by atoms with Crippen LogP contribution in [0.3, 0.4) is 0 Å². The molecule has 0 spiro atoms. The maximum atomic E-state index is 11.0. The van der Waals surface area contributed by atoms with Crippen molar-refractivity contribution in [1.29, 1.82) is 5.26 Å². The van der Waals surface area contributed by atoms with E-state index in [1.807, 2.05) is 33.8 Å². The molecule has 2 atom stereocenters. The average Bonchev–Trinajstić information content (AvgIpc) is 2.66. The number of carboxylic acids is 1. The van der Waals surface area contributed by atoms with Crippen LogP contribution in [0.4, 0.5) is 0 Å². The van der Waals surface area contributed by atoms with E-state index in [4.69, 9.17) is 10.4 Å². The molecule has 0 heterocycles. The van der Waals surface area contributed by atoms with E-state index in [2.05, 4.69) is 6.07 Å². The van der Waals surface area contributed by atoms with Gasteiger partial charge in [-0.1, -0.05) is 33.8 Å². The van der Waals surface area contributed by atoms with Crippen molar-refractivity contribution < 1.29 is 9.90 Å². The van der Waals surface area contributed by atoms with Gasteiger partial charge in [0.1, 0.15) is 6.07 Å². The molecule has 4 heteroatoms. The Hall–Kier alpha value is -0.950. The predicted molar refractivity (Wildman–Crippen MR) is 64.8 cm³/mol. The number of nitriles is 1. The Balaban J connectivity index is 2.78. The summed E-state index contributed by atoms with van der Waals surface area (Å²) in [5.41, 5.74) is -0.217. The molecule has 0 aromatic carbocycles. The van der Waals surface area contributed by atoms with Crippen LogP contribution in [0, 0.1) is 28.6 Å². The topological polar surface area (TPSA) is 61.1 Å². The number of aliphatic carboxylic acids is 1. The number of nitrogens with zero attached hydrogens (tertiary/aromatic N) is 1. The van der Waals surface area contributed by atoms with Crippen LogP contribution in [0.15, 0.2) is 11.0 Å². The first-order valence-corrected chi connectivity index (χ1v) is 6.20. The minimum absolute atomic E-state index is 0.00843. The molecule has 1 N–H and O–H groups in total. The van der Waals surface area contributed by atoms with Gasteiger partial charge in [-0.05, 0) is 11.3 Å². The number of carbonyl (C=O) groups is 1. The summed E-state index contributed by atoms with van der Waals surface area (Å²) in [5, 5.41) is 18.3. The van der Waals surface area contributed by atoms with Crippen LogP contribution >= 0.6 is 11.8 Å². The van der Waals surface area contributed by atoms with Crippen LogP contribution in [-0.2, 0) is 4.79 Å². The summed E-state index contributed by atoms with van der Waals surface area (Å²) in [6.07, 6.45) is 1.82. The summed E-state index contributed by atoms with van der Waals surface area (Å²) < 4.78 is 0. The summed E-state index contributed by atoms with van der Waals surface area (Å²) in [6, 6.07) is 2.13. The van der Waals surface area contributed by atoms with Crippen LogP contribution in [0.25, 0.3) is 0 Å². The van der Waals surface area contributed by atoms with Crippen molar-refractivity contribution in [2.24, 2.45) is 17.3 Å². The molecule has 0 aliphatic heterocycles. The third-order valence-corrected chi connectivity index (χ3v) is 3.93. The van der Waals surface area contributed by atoms with Gasteiger partial charge in [0, 0.05) is 5.25 Å². The maximum absolute atomic E-state index is 11.0. The molecule has 3 nitrogen and oxygen atoms in total. The first-order chi connectivity index (χ1) is 7.30. The second kappa shape index (κ2) is 4.50. The van der Waals surface area contributed by atoms with E-state index >= 15 is 0 Å². The quantitative estimate of drug-likeness (QED) is 0.766. The standard InChI is InChI=1S/C12H17NO2S/c1-7(2)16-8(6-13)5-9-10(11(14)15)12(9,3)4/h5,7,9-10H,1-4H3,(H,14,15)/b8-5-/t9-,10+/m1/s1. The lowest BCUT2D eigenvalue weighted by Gasteiger charge is -2.02. The van der Waals surface area contributed by atoms with Gasteiger partial charge in [0.25, 0.3) is 0 Å². The zero-order valence-corrected chi connectivity index (χ0v) is 10.8. The number of rotatable bonds is 4. The monoisotopic (exact) mass is 239 g/mol.